The number of hydrogen-bond donors (Lipinski definition) is 0. The van der Waals surface area contributed by atoms with Crippen LogP contribution < -0.4 is 9.47 Å². The van der Waals surface area contributed by atoms with Crippen molar-refractivity contribution in [3.05, 3.63) is 71.0 Å². The summed E-state index contributed by atoms with van der Waals surface area (Å²) in [5, 5.41) is 4.56. The Morgan fingerprint density at radius 1 is 1.04 bits per heavy atom. The first kappa shape index (κ1) is 18.8. The van der Waals surface area contributed by atoms with Gasteiger partial charge in [-0.15, -0.1) is 0 Å². The number of esters is 1. The molecule has 1 aromatic heterocycles. The summed E-state index contributed by atoms with van der Waals surface area (Å²) in [5.74, 6) is 0.880. The SMILES string of the molecule is COc1ccc(OCCOC(=O)c2c(C)nn(-c3ccccc3)c2Cl)cc1. The van der Waals surface area contributed by atoms with Crippen molar-refractivity contribution in [2.75, 3.05) is 20.3 Å². The second kappa shape index (κ2) is 8.60. The van der Waals surface area contributed by atoms with Gasteiger partial charge in [0.2, 0.25) is 0 Å². The fourth-order valence-corrected chi connectivity index (χ4v) is 2.86. The number of carbonyl (C=O) groups excluding carboxylic acids is 1. The lowest BCUT2D eigenvalue weighted by atomic mass is 10.2. The molecule has 0 aliphatic rings. The maximum atomic E-state index is 12.4. The van der Waals surface area contributed by atoms with E-state index in [9.17, 15) is 4.79 Å². The highest BCUT2D eigenvalue weighted by Crippen LogP contribution is 2.24. The van der Waals surface area contributed by atoms with Gasteiger partial charge in [-0.3, -0.25) is 0 Å². The van der Waals surface area contributed by atoms with Gasteiger partial charge in [0.05, 0.1) is 18.5 Å². The first-order chi connectivity index (χ1) is 13.1. The Balaban J connectivity index is 1.59. The second-order valence-corrected chi connectivity index (χ2v) is 6.02. The highest BCUT2D eigenvalue weighted by molar-refractivity contribution is 6.33. The topological polar surface area (TPSA) is 62.6 Å². The Morgan fingerprint density at radius 3 is 2.37 bits per heavy atom. The minimum Gasteiger partial charge on any atom is -0.497 e. The minimum atomic E-state index is -0.530. The highest BCUT2D eigenvalue weighted by atomic mass is 35.5. The van der Waals surface area contributed by atoms with E-state index < -0.39 is 5.97 Å². The van der Waals surface area contributed by atoms with E-state index in [4.69, 9.17) is 25.8 Å². The summed E-state index contributed by atoms with van der Waals surface area (Å²) in [4.78, 5) is 12.4. The molecule has 0 bridgehead atoms. The summed E-state index contributed by atoms with van der Waals surface area (Å²) in [7, 11) is 1.60. The molecule has 3 aromatic rings. The number of hydrogen-bond acceptors (Lipinski definition) is 5. The molecule has 0 atom stereocenters. The number of carbonyl (C=O) groups is 1. The van der Waals surface area contributed by atoms with E-state index in [0.29, 0.717) is 11.4 Å². The van der Waals surface area contributed by atoms with E-state index in [0.717, 1.165) is 11.4 Å². The molecule has 27 heavy (non-hydrogen) atoms. The summed E-state index contributed by atoms with van der Waals surface area (Å²) < 4.78 is 17.4. The van der Waals surface area contributed by atoms with Crippen LogP contribution in [-0.2, 0) is 4.74 Å². The predicted octanol–water partition coefficient (Wildman–Crippen LogP) is 4.08. The molecule has 0 aliphatic carbocycles. The lowest BCUT2D eigenvalue weighted by Gasteiger charge is -2.08. The summed E-state index contributed by atoms with van der Waals surface area (Å²) >= 11 is 6.35. The van der Waals surface area contributed by atoms with Crippen LogP contribution in [0.15, 0.2) is 54.6 Å². The molecule has 3 rings (SSSR count). The molecule has 0 unspecified atom stereocenters. The number of ether oxygens (including phenoxy) is 3. The van der Waals surface area contributed by atoms with Crippen LogP contribution in [0.3, 0.4) is 0 Å². The number of benzene rings is 2. The van der Waals surface area contributed by atoms with Crippen LogP contribution in [0, 0.1) is 6.92 Å². The maximum absolute atomic E-state index is 12.4. The number of rotatable bonds is 7. The van der Waals surface area contributed by atoms with Gasteiger partial charge in [-0.25, -0.2) is 9.48 Å². The molecule has 0 fully saturated rings. The molecule has 0 N–H and O–H groups in total. The molecule has 7 heteroatoms. The van der Waals surface area contributed by atoms with E-state index in [1.165, 1.54) is 4.68 Å². The van der Waals surface area contributed by atoms with Crippen molar-refractivity contribution in [3.63, 3.8) is 0 Å². The number of nitrogens with zero attached hydrogens (tertiary/aromatic N) is 2. The summed E-state index contributed by atoms with van der Waals surface area (Å²) in [6.45, 7) is 2.04. The Labute approximate surface area is 162 Å². The Kier molecular flexibility index (Phi) is 5.98. The molecule has 0 radical (unpaired) electrons. The van der Waals surface area contributed by atoms with Gasteiger partial charge < -0.3 is 14.2 Å². The van der Waals surface area contributed by atoms with E-state index >= 15 is 0 Å². The quantitative estimate of drug-likeness (QED) is 0.452. The Morgan fingerprint density at radius 2 is 1.70 bits per heavy atom. The lowest BCUT2D eigenvalue weighted by molar-refractivity contribution is 0.0450. The van der Waals surface area contributed by atoms with Gasteiger partial charge in [-0.05, 0) is 43.3 Å². The normalized spacial score (nSPS) is 10.5. The summed E-state index contributed by atoms with van der Waals surface area (Å²) in [6, 6.07) is 16.5. The van der Waals surface area contributed by atoms with Gasteiger partial charge in [0.1, 0.15) is 35.4 Å². The monoisotopic (exact) mass is 386 g/mol. The van der Waals surface area contributed by atoms with Crippen molar-refractivity contribution in [1.82, 2.24) is 9.78 Å². The zero-order chi connectivity index (χ0) is 19.2. The third-order valence-electron chi connectivity index (χ3n) is 3.85. The van der Waals surface area contributed by atoms with Crippen LogP contribution in [0.4, 0.5) is 0 Å². The Bertz CT molecular complexity index is 908. The number of halogens is 1. The molecule has 0 amide bonds. The zero-order valence-electron chi connectivity index (χ0n) is 15.0. The van der Waals surface area contributed by atoms with Crippen LogP contribution in [0.25, 0.3) is 5.69 Å². The van der Waals surface area contributed by atoms with Crippen molar-refractivity contribution < 1.29 is 19.0 Å². The summed E-state index contributed by atoms with van der Waals surface area (Å²) in [6.07, 6.45) is 0. The third-order valence-corrected chi connectivity index (χ3v) is 4.20. The average molecular weight is 387 g/mol. The van der Waals surface area contributed by atoms with Gasteiger partial charge in [-0.2, -0.15) is 5.10 Å². The molecule has 2 aromatic carbocycles. The van der Waals surface area contributed by atoms with Crippen LogP contribution in [0.1, 0.15) is 16.1 Å². The molecule has 0 spiro atoms. The van der Waals surface area contributed by atoms with E-state index in [-0.39, 0.29) is 23.9 Å². The number of para-hydroxylation sites is 1. The third kappa shape index (κ3) is 4.41. The highest BCUT2D eigenvalue weighted by Gasteiger charge is 2.22. The van der Waals surface area contributed by atoms with Gasteiger partial charge in [0.15, 0.2) is 0 Å². The van der Waals surface area contributed by atoms with Crippen molar-refractivity contribution >= 4 is 17.6 Å². The largest absolute Gasteiger partial charge is 0.497 e. The molecule has 0 saturated carbocycles. The maximum Gasteiger partial charge on any atom is 0.343 e. The summed E-state index contributed by atoms with van der Waals surface area (Å²) in [5.41, 5.74) is 1.53. The molecule has 0 saturated heterocycles. The van der Waals surface area contributed by atoms with E-state index in [1.54, 1.807) is 38.3 Å². The zero-order valence-corrected chi connectivity index (χ0v) is 15.8. The van der Waals surface area contributed by atoms with Gasteiger partial charge in [-0.1, -0.05) is 29.8 Å². The van der Waals surface area contributed by atoms with Crippen LogP contribution in [-0.4, -0.2) is 36.1 Å². The van der Waals surface area contributed by atoms with Gasteiger partial charge >= 0.3 is 5.97 Å². The molecule has 6 nitrogen and oxygen atoms in total. The van der Waals surface area contributed by atoms with E-state index in [1.807, 2.05) is 30.3 Å². The Hall–Kier alpha value is -2.99. The van der Waals surface area contributed by atoms with Crippen molar-refractivity contribution in [2.24, 2.45) is 0 Å². The fourth-order valence-electron chi connectivity index (χ4n) is 2.51. The van der Waals surface area contributed by atoms with E-state index in [2.05, 4.69) is 5.10 Å². The van der Waals surface area contributed by atoms with Crippen LogP contribution in [0.2, 0.25) is 5.15 Å². The smallest absolute Gasteiger partial charge is 0.343 e. The average Bonchev–Trinajstić information content (AvgIpc) is 3.00. The predicted molar refractivity (Wildman–Crippen MR) is 102 cm³/mol. The van der Waals surface area contributed by atoms with Crippen LogP contribution >= 0.6 is 11.6 Å². The van der Waals surface area contributed by atoms with Crippen molar-refractivity contribution in [3.8, 4) is 17.2 Å². The lowest BCUT2D eigenvalue weighted by Crippen LogP contribution is -2.13. The number of methoxy groups -OCH3 is 1. The molecule has 1 heterocycles. The van der Waals surface area contributed by atoms with Crippen molar-refractivity contribution in [2.45, 2.75) is 6.92 Å². The standard InChI is InChI=1S/C20H19ClN2O4/c1-14-18(19(21)23(22-14)15-6-4-3-5-7-15)20(24)27-13-12-26-17-10-8-16(25-2)9-11-17/h3-11H,12-13H2,1-2H3. The van der Waals surface area contributed by atoms with Gasteiger partial charge in [0.25, 0.3) is 0 Å². The van der Waals surface area contributed by atoms with Crippen LogP contribution in [0.5, 0.6) is 11.5 Å². The number of aryl methyl sites for hydroxylation is 1. The first-order valence-corrected chi connectivity index (χ1v) is 8.72. The number of aromatic nitrogens is 2. The van der Waals surface area contributed by atoms with Crippen molar-refractivity contribution in [1.29, 1.82) is 0 Å². The van der Waals surface area contributed by atoms with Gasteiger partial charge in [0, 0.05) is 0 Å². The molecular weight excluding hydrogens is 368 g/mol. The first-order valence-electron chi connectivity index (χ1n) is 8.34. The molecule has 140 valence electrons. The fraction of sp³-hybridized carbons (Fsp3) is 0.200. The minimum absolute atomic E-state index is 0.0944. The second-order valence-electron chi connectivity index (χ2n) is 5.66. The molecular formula is C20H19ClN2O4. The molecule has 0 aliphatic heterocycles.